The zero-order valence-corrected chi connectivity index (χ0v) is 13.8. The SMILES string of the molecule is CCC(=O)Nc1c(CC)ccn(Cc2ccc(OC)cc2)c1=O. The van der Waals surface area contributed by atoms with E-state index in [-0.39, 0.29) is 11.5 Å². The maximum Gasteiger partial charge on any atom is 0.274 e. The maximum absolute atomic E-state index is 12.7. The van der Waals surface area contributed by atoms with Crippen LogP contribution in [0, 0.1) is 0 Å². The van der Waals surface area contributed by atoms with Gasteiger partial charge in [-0.2, -0.15) is 0 Å². The number of ether oxygens (including phenoxy) is 1. The van der Waals surface area contributed by atoms with Gasteiger partial charge in [-0.1, -0.05) is 26.0 Å². The van der Waals surface area contributed by atoms with Gasteiger partial charge in [-0.25, -0.2) is 0 Å². The van der Waals surface area contributed by atoms with Gasteiger partial charge in [0.1, 0.15) is 11.4 Å². The quantitative estimate of drug-likeness (QED) is 0.892. The number of hydrogen-bond acceptors (Lipinski definition) is 3. The second-order valence-electron chi connectivity index (χ2n) is 5.25. The van der Waals surface area contributed by atoms with Crippen molar-refractivity contribution >= 4 is 11.6 Å². The lowest BCUT2D eigenvalue weighted by atomic mass is 10.1. The Morgan fingerprint density at radius 2 is 1.87 bits per heavy atom. The average molecular weight is 314 g/mol. The molecular formula is C18H22N2O3. The van der Waals surface area contributed by atoms with Gasteiger partial charge in [-0.15, -0.1) is 0 Å². The highest BCUT2D eigenvalue weighted by Gasteiger charge is 2.11. The van der Waals surface area contributed by atoms with Crippen LogP contribution in [0.3, 0.4) is 0 Å². The van der Waals surface area contributed by atoms with Crippen LogP contribution in [0.15, 0.2) is 41.3 Å². The number of anilines is 1. The fourth-order valence-corrected chi connectivity index (χ4v) is 2.32. The van der Waals surface area contributed by atoms with Crippen molar-refractivity contribution in [2.75, 3.05) is 12.4 Å². The van der Waals surface area contributed by atoms with Crippen molar-refractivity contribution in [1.29, 1.82) is 0 Å². The van der Waals surface area contributed by atoms with Crippen LogP contribution in [0.4, 0.5) is 5.69 Å². The van der Waals surface area contributed by atoms with Gasteiger partial charge in [0.15, 0.2) is 0 Å². The van der Waals surface area contributed by atoms with Crippen LogP contribution in [0.1, 0.15) is 31.4 Å². The van der Waals surface area contributed by atoms with E-state index in [1.165, 1.54) is 0 Å². The predicted octanol–water partition coefficient (Wildman–Crippen LogP) is 2.82. The number of hydrogen-bond donors (Lipinski definition) is 1. The molecule has 1 amide bonds. The summed E-state index contributed by atoms with van der Waals surface area (Å²) >= 11 is 0. The van der Waals surface area contributed by atoms with Gasteiger partial charge in [-0.3, -0.25) is 9.59 Å². The lowest BCUT2D eigenvalue weighted by Crippen LogP contribution is -2.27. The number of aryl methyl sites for hydroxylation is 1. The fourth-order valence-electron chi connectivity index (χ4n) is 2.32. The minimum atomic E-state index is -0.179. The molecule has 2 rings (SSSR count). The molecule has 0 saturated carbocycles. The van der Waals surface area contributed by atoms with Crippen LogP contribution in [0.2, 0.25) is 0 Å². The number of carbonyl (C=O) groups excluding carboxylic acids is 1. The number of amides is 1. The van der Waals surface area contributed by atoms with Crippen LogP contribution in [-0.2, 0) is 17.8 Å². The zero-order chi connectivity index (χ0) is 16.8. The standard InChI is InChI=1S/C18H22N2O3/c1-4-14-10-11-20(18(22)17(14)19-16(21)5-2)12-13-6-8-15(23-3)9-7-13/h6-11H,4-5,12H2,1-3H3,(H,19,21). The van der Waals surface area contributed by atoms with Crippen molar-refractivity contribution < 1.29 is 9.53 Å². The summed E-state index contributed by atoms with van der Waals surface area (Å²) in [5.41, 5.74) is 2.05. The van der Waals surface area contributed by atoms with Crippen molar-refractivity contribution in [2.24, 2.45) is 0 Å². The van der Waals surface area contributed by atoms with Crippen LogP contribution in [-0.4, -0.2) is 17.6 Å². The Kier molecular flexibility index (Phi) is 5.57. The van der Waals surface area contributed by atoms with Crippen LogP contribution >= 0.6 is 0 Å². The summed E-state index contributed by atoms with van der Waals surface area (Å²) in [6.07, 6.45) is 2.81. The molecule has 2 aromatic rings. The maximum atomic E-state index is 12.7. The molecule has 0 atom stereocenters. The number of aromatic nitrogens is 1. The molecule has 0 saturated heterocycles. The van der Waals surface area contributed by atoms with E-state index in [0.29, 0.717) is 25.1 Å². The summed E-state index contributed by atoms with van der Waals surface area (Å²) in [5.74, 6) is 0.623. The Balaban J connectivity index is 2.33. The highest BCUT2D eigenvalue weighted by atomic mass is 16.5. The number of nitrogens with one attached hydrogen (secondary N) is 1. The largest absolute Gasteiger partial charge is 0.497 e. The molecule has 1 heterocycles. The van der Waals surface area contributed by atoms with Crippen molar-refractivity contribution in [2.45, 2.75) is 33.2 Å². The number of carbonyl (C=O) groups is 1. The minimum absolute atomic E-state index is 0.154. The molecule has 1 N–H and O–H groups in total. The molecule has 0 radical (unpaired) electrons. The lowest BCUT2D eigenvalue weighted by Gasteiger charge is -2.13. The number of methoxy groups -OCH3 is 1. The molecule has 5 heteroatoms. The fraction of sp³-hybridized carbons (Fsp3) is 0.333. The summed E-state index contributed by atoms with van der Waals surface area (Å²) in [4.78, 5) is 24.3. The average Bonchev–Trinajstić information content (AvgIpc) is 2.59. The molecule has 0 spiro atoms. The Morgan fingerprint density at radius 3 is 2.43 bits per heavy atom. The first-order valence-corrected chi connectivity index (χ1v) is 7.74. The first-order chi connectivity index (χ1) is 11.1. The third kappa shape index (κ3) is 4.00. The van der Waals surface area contributed by atoms with E-state index in [2.05, 4.69) is 5.32 Å². The summed E-state index contributed by atoms with van der Waals surface area (Å²) in [5, 5.41) is 2.73. The first-order valence-electron chi connectivity index (χ1n) is 7.74. The summed E-state index contributed by atoms with van der Waals surface area (Å²) in [6.45, 7) is 4.17. The zero-order valence-electron chi connectivity index (χ0n) is 13.8. The molecule has 23 heavy (non-hydrogen) atoms. The molecule has 5 nitrogen and oxygen atoms in total. The molecule has 0 bridgehead atoms. The summed E-state index contributed by atoms with van der Waals surface area (Å²) in [6, 6.07) is 9.45. The van der Waals surface area contributed by atoms with Gasteiger partial charge < -0.3 is 14.6 Å². The number of rotatable bonds is 6. The Labute approximate surface area is 135 Å². The van der Waals surface area contributed by atoms with E-state index in [9.17, 15) is 9.59 Å². The van der Waals surface area contributed by atoms with Crippen molar-refractivity contribution in [3.63, 3.8) is 0 Å². The first kappa shape index (κ1) is 16.8. The topological polar surface area (TPSA) is 60.3 Å². The monoisotopic (exact) mass is 314 g/mol. The van der Waals surface area contributed by atoms with E-state index in [1.807, 2.05) is 37.3 Å². The highest BCUT2D eigenvalue weighted by molar-refractivity contribution is 5.91. The molecule has 1 aromatic carbocycles. The predicted molar refractivity (Wildman–Crippen MR) is 91.1 cm³/mol. The van der Waals surface area contributed by atoms with Gasteiger partial charge >= 0.3 is 0 Å². The van der Waals surface area contributed by atoms with Crippen LogP contribution in [0.25, 0.3) is 0 Å². The van der Waals surface area contributed by atoms with E-state index < -0.39 is 0 Å². The van der Waals surface area contributed by atoms with Crippen LogP contribution in [0.5, 0.6) is 5.75 Å². The number of benzene rings is 1. The van der Waals surface area contributed by atoms with Crippen molar-refractivity contribution in [3.8, 4) is 5.75 Å². The van der Waals surface area contributed by atoms with E-state index in [4.69, 9.17) is 4.74 Å². The molecule has 0 unspecified atom stereocenters. The second-order valence-corrected chi connectivity index (χ2v) is 5.25. The molecule has 122 valence electrons. The minimum Gasteiger partial charge on any atom is -0.497 e. The third-order valence-electron chi connectivity index (χ3n) is 3.73. The second kappa shape index (κ2) is 7.63. The van der Waals surface area contributed by atoms with Crippen LogP contribution < -0.4 is 15.6 Å². The molecule has 1 aromatic heterocycles. The number of pyridine rings is 1. The van der Waals surface area contributed by atoms with E-state index in [0.717, 1.165) is 16.9 Å². The summed E-state index contributed by atoms with van der Waals surface area (Å²) in [7, 11) is 1.62. The Hall–Kier alpha value is -2.56. The van der Waals surface area contributed by atoms with E-state index >= 15 is 0 Å². The molecule has 0 fully saturated rings. The normalized spacial score (nSPS) is 10.4. The van der Waals surface area contributed by atoms with Crippen molar-refractivity contribution in [3.05, 3.63) is 58.0 Å². The third-order valence-corrected chi connectivity index (χ3v) is 3.73. The van der Waals surface area contributed by atoms with Gasteiger partial charge in [0.25, 0.3) is 5.56 Å². The molecule has 0 aliphatic heterocycles. The molecule has 0 aliphatic rings. The smallest absolute Gasteiger partial charge is 0.274 e. The lowest BCUT2D eigenvalue weighted by molar-refractivity contribution is -0.115. The van der Waals surface area contributed by atoms with E-state index in [1.54, 1.807) is 24.8 Å². The number of nitrogens with zero attached hydrogens (tertiary/aromatic N) is 1. The van der Waals surface area contributed by atoms with Gasteiger partial charge in [0.2, 0.25) is 5.91 Å². The van der Waals surface area contributed by atoms with Gasteiger partial charge in [0, 0.05) is 12.6 Å². The van der Waals surface area contributed by atoms with Gasteiger partial charge in [0.05, 0.1) is 13.7 Å². The summed E-state index contributed by atoms with van der Waals surface area (Å²) < 4.78 is 6.74. The Bertz CT molecular complexity index is 733. The Morgan fingerprint density at radius 1 is 1.17 bits per heavy atom. The van der Waals surface area contributed by atoms with Gasteiger partial charge in [-0.05, 0) is 35.7 Å². The highest BCUT2D eigenvalue weighted by Crippen LogP contribution is 2.14. The molecule has 0 aliphatic carbocycles. The molecular weight excluding hydrogens is 292 g/mol. The van der Waals surface area contributed by atoms with Crippen molar-refractivity contribution in [1.82, 2.24) is 4.57 Å².